The fourth-order valence-electron chi connectivity index (χ4n) is 5.32. The molecule has 8 heteroatoms. The first-order valence-corrected chi connectivity index (χ1v) is 12.6. The van der Waals surface area contributed by atoms with Gasteiger partial charge in [0.2, 0.25) is 0 Å². The van der Waals surface area contributed by atoms with E-state index in [-0.39, 0.29) is 17.9 Å². The number of hydrogen-bond donors (Lipinski definition) is 2. The number of carbonyl (C=O) groups is 2. The molecule has 6 nitrogen and oxygen atoms in total. The summed E-state index contributed by atoms with van der Waals surface area (Å²) >= 11 is 12.8. The van der Waals surface area contributed by atoms with Crippen molar-refractivity contribution in [2.75, 3.05) is 24.5 Å². The number of halogens is 2. The summed E-state index contributed by atoms with van der Waals surface area (Å²) in [5.74, 6) is -0.433. The van der Waals surface area contributed by atoms with Crippen molar-refractivity contribution in [2.24, 2.45) is 5.92 Å². The Labute approximate surface area is 217 Å². The number of para-hydroxylation sites is 1. The van der Waals surface area contributed by atoms with Gasteiger partial charge in [0.15, 0.2) is 0 Å². The number of benzene rings is 2. The molecule has 190 valence electrons. The molecule has 2 aromatic carbocycles. The second kappa shape index (κ2) is 11.2. The summed E-state index contributed by atoms with van der Waals surface area (Å²) in [7, 11) is 0. The van der Waals surface area contributed by atoms with E-state index in [1.54, 1.807) is 0 Å². The van der Waals surface area contributed by atoms with Crippen LogP contribution in [0.2, 0.25) is 10.0 Å². The lowest BCUT2D eigenvalue weighted by Gasteiger charge is -2.45. The number of carboxylic acid groups (broad SMARTS) is 2. The number of rotatable bonds is 5. The van der Waals surface area contributed by atoms with Gasteiger partial charge in [-0.2, -0.15) is 0 Å². The molecule has 0 bridgehead atoms. The van der Waals surface area contributed by atoms with Crippen molar-refractivity contribution in [2.45, 2.75) is 58.5 Å². The van der Waals surface area contributed by atoms with E-state index in [1.165, 1.54) is 22.3 Å². The summed E-state index contributed by atoms with van der Waals surface area (Å²) in [5.41, 5.74) is 6.16. The van der Waals surface area contributed by atoms with E-state index in [2.05, 4.69) is 49.6 Å². The number of hydrogen-bond acceptors (Lipinski definition) is 4. The third kappa shape index (κ3) is 6.11. The van der Waals surface area contributed by atoms with E-state index in [0.717, 1.165) is 38.3 Å². The zero-order chi connectivity index (χ0) is 25.9. The number of piperidine rings is 1. The number of nitrogens with zero attached hydrogens (tertiary/aromatic N) is 2. The van der Waals surface area contributed by atoms with E-state index in [4.69, 9.17) is 33.1 Å². The fourth-order valence-corrected chi connectivity index (χ4v) is 5.95. The van der Waals surface area contributed by atoms with Crippen molar-refractivity contribution in [1.82, 2.24) is 4.90 Å². The maximum Gasteiger partial charge on any atom is 0.306 e. The van der Waals surface area contributed by atoms with Crippen LogP contribution in [0.25, 0.3) is 0 Å². The Morgan fingerprint density at radius 3 is 2.17 bits per heavy atom. The van der Waals surface area contributed by atoms with Crippen LogP contribution in [0.4, 0.5) is 5.69 Å². The molecular formula is C27H34Cl2N2O4. The minimum absolute atomic E-state index is 0.123. The summed E-state index contributed by atoms with van der Waals surface area (Å²) < 4.78 is 0. The highest BCUT2D eigenvalue weighted by atomic mass is 35.5. The Hall–Kier alpha value is -2.28. The second-order valence-corrected chi connectivity index (χ2v) is 11.0. The highest BCUT2D eigenvalue weighted by Crippen LogP contribution is 2.41. The normalized spacial score (nSPS) is 19.9. The van der Waals surface area contributed by atoms with Gasteiger partial charge in [-0.05, 0) is 81.5 Å². The minimum Gasteiger partial charge on any atom is -0.483 e. The van der Waals surface area contributed by atoms with Gasteiger partial charge in [-0.15, -0.1) is 0 Å². The molecule has 1 unspecified atom stereocenters. The van der Waals surface area contributed by atoms with Gasteiger partial charge >= 0.3 is 5.97 Å². The maximum absolute atomic E-state index is 11.5. The summed E-state index contributed by atoms with van der Waals surface area (Å²) in [6.45, 7) is 12.0. The molecule has 2 aliphatic heterocycles. The molecule has 0 amide bonds. The molecular weight excluding hydrogens is 487 g/mol. The van der Waals surface area contributed by atoms with Crippen molar-refractivity contribution in [3.8, 4) is 0 Å². The highest BCUT2D eigenvalue weighted by Gasteiger charge is 2.38. The van der Waals surface area contributed by atoms with Crippen LogP contribution in [0, 0.1) is 19.8 Å². The van der Waals surface area contributed by atoms with E-state index in [1.807, 2.05) is 18.2 Å². The number of aryl methyl sites for hydroxylation is 2. The summed E-state index contributed by atoms with van der Waals surface area (Å²) in [4.78, 5) is 24.5. The first kappa shape index (κ1) is 27.3. The SMILES string of the molecule is Cc1cc(C2CN(c3c(Cl)cccc3Cl)C2)cc(C)c1CN1CCC(C(=O)O)CC1(C)C.O=CO. The third-order valence-corrected chi connectivity index (χ3v) is 7.98. The van der Waals surface area contributed by atoms with Crippen LogP contribution in [-0.4, -0.2) is 52.7 Å². The Morgan fingerprint density at radius 2 is 1.69 bits per heavy atom. The molecule has 2 aliphatic rings. The van der Waals surface area contributed by atoms with Crippen LogP contribution in [0.15, 0.2) is 30.3 Å². The molecule has 35 heavy (non-hydrogen) atoms. The van der Waals surface area contributed by atoms with Gasteiger partial charge in [-0.3, -0.25) is 14.5 Å². The summed E-state index contributed by atoms with van der Waals surface area (Å²) in [6, 6.07) is 10.3. The Balaban J connectivity index is 0.00000108. The lowest BCUT2D eigenvalue weighted by atomic mass is 9.81. The predicted molar refractivity (Wildman–Crippen MR) is 141 cm³/mol. The Bertz CT molecular complexity index is 1040. The zero-order valence-corrected chi connectivity index (χ0v) is 22.2. The molecule has 4 rings (SSSR count). The van der Waals surface area contributed by atoms with Gasteiger partial charge in [-0.1, -0.05) is 41.4 Å². The molecule has 2 saturated heterocycles. The van der Waals surface area contributed by atoms with Crippen LogP contribution in [0.3, 0.4) is 0 Å². The molecule has 2 fully saturated rings. The van der Waals surface area contributed by atoms with Gasteiger partial charge in [-0.25, -0.2) is 0 Å². The average Bonchev–Trinajstić information content (AvgIpc) is 2.72. The number of likely N-dealkylation sites (tertiary alicyclic amines) is 1. The van der Waals surface area contributed by atoms with Crippen LogP contribution in [0.1, 0.15) is 54.9 Å². The van der Waals surface area contributed by atoms with Gasteiger partial charge in [0.25, 0.3) is 6.47 Å². The Kier molecular flexibility index (Phi) is 8.73. The van der Waals surface area contributed by atoms with Crippen molar-refractivity contribution in [3.63, 3.8) is 0 Å². The van der Waals surface area contributed by atoms with Crippen molar-refractivity contribution in [1.29, 1.82) is 0 Å². The van der Waals surface area contributed by atoms with E-state index < -0.39 is 5.97 Å². The van der Waals surface area contributed by atoms with Crippen LogP contribution < -0.4 is 4.90 Å². The molecule has 0 saturated carbocycles. The van der Waals surface area contributed by atoms with Crippen LogP contribution >= 0.6 is 23.2 Å². The maximum atomic E-state index is 11.5. The van der Waals surface area contributed by atoms with Crippen molar-refractivity contribution < 1.29 is 19.8 Å². The van der Waals surface area contributed by atoms with Gasteiger partial charge < -0.3 is 15.1 Å². The van der Waals surface area contributed by atoms with Crippen molar-refractivity contribution >= 4 is 41.3 Å². The standard InChI is InChI=1S/C26H32Cl2N2O2.CH2O2/c1-16-10-19(20-13-29(14-20)24-22(27)6-5-7-23(24)28)11-17(2)21(16)15-30-9-8-18(25(31)32)12-26(30,3)4;2-1-3/h5-7,10-11,18,20H,8-9,12-15H2,1-4H3,(H,31,32);1H,(H,2,3). The van der Waals surface area contributed by atoms with E-state index in [0.29, 0.717) is 22.4 Å². The van der Waals surface area contributed by atoms with E-state index in [9.17, 15) is 9.90 Å². The number of anilines is 1. The topological polar surface area (TPSA) is 81.1 Å². The van der Waals surface area contributed by atoms with E-state index >= 15 is 0 Å². The average molecular weight is 521 g/mol. The predicted octanol–water partition coefficient (Wildman–Crippen LogP) is 5.99. The molecule has 1 atom stereocenters. The summed E-state index contributed by atoms with van der Waals surface area (Å²) in [6.07, 6.45) is 1.42. The molecule has 0 aromatic heterocycles. The number of carboxylic acids is 1. The van der Waals surface area contributed by atoms with Crippen LogP contribution in [0.5, 0.6) is 0 Å². The van der Waals surface area contributed by atoms with Gasteiger partial charge in [0, 0.05) is 31.1 Å². The smallest absolute Gasteiger partial charge is 0.306 e. The van der Waals surface area contributed by atoms with Crippen molar-refractivity contribution in [3.05, 3.63) is 62.6 Å². The lowest BCUT2D eigenvalue weighted by Crippen LogP contribution is -2.50. The lowest BCUT2D eigenvalue weighted by molar-refractivity contribution is -0.145. The molecule has 0 aliphatic carbocycles. The van der Waals surface area contributed by atoms with Crippen LogP contribution in [-0.2, 0) is 16.1 Å². The summed E-state index contributed by atoms with van der Waals surface area (Å²) in [5, 5.41) is 17.7. The first-order valence-electron chi connectivity index (χ1n) is 11.8. The molecule has 2 heterocycles. The molecule has 2 N–H and O–H groups in total. The minimum atomic E-state index is -0.665. The monoisotopic (exact) mass is 520 g/mol. The highest BCUT2D eigenvalue weighted by molar-refractivity contribution is 6.39. The molecule has 2 aromatic rings. The fraction of sp³-hybridized carbons (Fsp3) is 0.481. The van der Waals surface area contributed by atoms with Gasteiger partial charge in [0.05, 0.1) is 21.7 Å². The molecule has 0 radical (unpaired) electrons. The number of aliphatic carboxylic acids is 1. The second-order valence-electron chi connectivity index (χ2n) is 10.2. The van der Waals surface area contributed by atoms with Gasteiger partial charge in [0.1, 0.15) is 0 Å². The zero-order valence-electron chi connectivity index (χ0n) is 20.7. The first-order chi connectivity index (χ1) is 16.5. The Morgan fingerprint density at radius 1 is 1.14 bits per heavy atom. The molecule has 0 spiro atoms. The third-order valence-electron chi connectivity index (χ3n) is 7.37. The largest absolute Gasteiger partial charge is 0.483 e. The quantitative estimate of drug-likeness (QED) is 0.471.